The quantitative estimate of drug-likeness (QED) is 0.784. The van der Waals surface area contributed by atoms with Crippen molar-refractivity contribution in [3.05, 3.63) is 48.3 Å². The Morgan fingerprint density at radius 2 is 2.11 bits per heavy atom. The van der Waals surface area contributed by atoms with Gasteiger partial charge in [-0.25, -0.2) is 9.48 Å². The summed E-state index contributed by atoms with van der Waals surface area (Å²) in [5, 5.41) is 9.71. The van der Waals surface area contributed by atoms with E-state index in [0.29, 0.717) is 19.5 Å². The number of hydrogen-bond donors (Lipinski definition) is 2. The van der Waals surface area contributed by atoms with Gasteiger partial charge in [0, 0.05) is 32.5 Å². The minimum absolute atomic E-state index is 0.0322. The highest BCUT2D eigenvalue weighted by atomic mass is 16.2. The molecule has 1 aromatic carbocycles. The van der Waals surface area contributed by atoms with Gasteiger partial charge in [-0.2, -0.15) is 5.10 Å². The minimum atomic E-state index is -0.480. The van der Waals surface area contributed by atoms with Gasteiger partial charge in [-0.1, -0.05) is 12.1 Å². The molecule has 2 saturated heterocycles. The zero-order chi connectivity index (χ0) is 19.7. The molecule has 0 saturated carbocycles. The van der Waals surface area contributed by atoms with Crippen molar-refractivity contribution < 1.29 is 14.4 Å². The molecule has 146 valence electrons. The molecule has 28 heavy (non-hydrogen) atoms. The number of urea groups is 1. The van der Waals surface area contributed by atoms with Crippen LogP contribution in [0.3, 0.4) is 0 Å². The van der Waals surface area contributed by atoms with Crippen LogP contribution in [0.2, 0.25) is 0 Å². The number of nitrogens with zero attached hydrogens (tertiary/aromatic N) is 4. The Bertz CT molecular complexity index is 856. The van der Waals surface area contributed by atoms with Crippen LogP contribution in [0.5, 0.6) is 0 Å². The molecule has 2 atom stereocenters. The van der Waals surface area contributed by atoms with Crippen molar-refractivity contribution in [2.24, 2.45) is 0 Å². The Hall–Kier alpha value is -3.36. The first kappa shape index (κ1) is 18.0. The number of piperazine rings is 1. The van der Waals surface area contributed by atoms with Gasteiger partial charge in [-0.3, -0.25) is 9.59 Å². The first-order valence-electron chi connectivity index (χ1n) is 9.19. The van der Waals surface area contributed by atoms with E-state index in [1.807, 2.05) is 36.5 Å². The molecule has 4 amide bonds. The third-order valence-electron chi connectivity index (χ3n) is 5.14. The second-order valence-corrected chi connectivity index (χ2v) is 7.13. The van der Waals surface area contributed by atoms with Gasteiger partial charge in [0.1, 0.15) is 6.04 Å². The maximum atomic E-state index is 12.5. The molecule has 0 radical (unpaired) electrons. The number of carbonyl (C=O) groups is 3. The van der Waals surface area contributed by atoms with Crippen LogP contribution < -0.4 is 10.6 Å². The maximum Gasteiger partial charge on any atom is 0.317 e. The summed E-state index contributed by atoms with van der Waals surface area (Å²) in [6, 6.07) is 8.74. The Morgan fingerprint density at radius 3 is 2.79 bits per heavy atom. The summed E-state index contributed by atoms with van der Waals surface area (Å²) in [6.45, 7) is 0.851. The SMILES string of the molecule is CN(Cc1ccc(-n2cccn2)cc1)C(=O)N[C@H]1C[C@H]2C(=O)NCC(=O)N2C1. The van der Waals surface area contributed by atoms with E-state index in [4.69, 9.17) is 0 Å². The van der Waals surface area contributed by atoms with Crippen molar-refractivity contribution in [1.29, 1.82) is 0 Å². The first-order valence-corrected chi connectivity index (χ1v) is 9.19. The lowest BCUT2D eigenvalue weighted by Crippen LogP contribution is -2.55. The number of benzene rings is 1. The maximum absolute atomic E-state index is 12.5. The molecule has 1 aromatic heterocycles. The first-order chi connectivity index (χ1) is 13.5. The zero-order valence-electron chi connectivity index (χ0n) is 15.5. The van der Waals surface area contributed by atoms with E-state index >= 15 is 0 Å². The number of amides is 4. The average Bonchev–Trinajstić information content (AvgIpc) is 3.36. The lowest BCUT2D eigenvalue weighted by Gasteiger charge is -2.28. The van der Waals surface area contributed by atoms with E-state index in [1.165, 1.54) is 0 Å². The predicted octanol–water partition coefficient (Wildman–Crippen LogP) is 0.113. The van der Waals surface area contributed by atoms with E-state index in [0.717, 1.165) is 11.3 Å². The van der Waals surface area contributed by atoms with Crippen LogP contribution in [-0.4, -0.2) is 69.6 Å². The summed E-state index contributed by atoms with van der Waals surface area (Å²) in [5.74, 6) is -0.256. The van der Waals surface area contributed by atoms with Gasteiger partial charge < -0.3 is 20.4 Å². The zero-order valence-corrected chi connectivity index (χ0v) is 15.5. The highest BCUT2D eigenvalue weighted by molar-refractivity contribution is 5.95. The molecule has 0 bridgehead atoms. The fraction of sp³-hybridized carbons (Fsp3) is 0.368. The van der Waals surface area contributed by atoms with Crippen molar-refractivity contribution >= 4 is 17.8 Å². The van der Waals surface area contributed by atoms with Crippen LogP contribution in [0, 0.1) is 0 Å². The lowest BCUT2D eigenvalue weighted by molar-refractivity contribution is -0.143. The molecular weight excluding hydrogens is 360 g/mol. The lowest BCUT2D eigenvalue weighted by atomic mass is 10.1. The number of hydrogen-bond acceptors (Lipinski definition) is 4. The third kappa shape index (κ3) is 3.55. The molecule has 2 aliphatic rings. The summed E-state index contributed by atoms with van der Waals surface area (Å²) in [6.07, 6.45) is 4.03. The van der Waals surface area contributed by atoms with Crippen LogP contribution >= 0.6 is 0 Å². The average molecular weight is 382 g/mol. The van der Waals surface area contributed by atoms with E-state index in [1.54, 1.807) is 27.7 Å². The Balaban J connectivity index is 1.33. The molecule has 9 heteroatoms. The largest absolute Gasteiger partial charge is 0.345 e. The van der Waals surface area contributed by atoms with Crippen LogP contribution in [0.1, 0.15) is 12.0 Å². The monoisotopic (exact) mass is 382 g/mol. The molecule has 4 rings (SSSR count). The smallest absolute Gasteiger partial charge is 0.317 e. The van der Waals surface area contributed by atoms with Gasteiger partial charge in [0.05, 0.1) is 18.3 Å². The predicted molar refractivity (Wildman–Crippen MR) is 100 cm³/mol. The number of carbonyl (C=O) groups excluding carboxylic acids is 3. The number of rotatable bonds is 4. The molecule has 0 unspecified atom stereocenters. The molecule has 3 heterocycles. The second-order valence-electron chi connectivity index (χ2n) is 7.13. The van der Waals surface area contributed by atoms with Crippen molar-refractivity contribution in [2.75, 3.05) is 20.1 Å². The van der Waals surface area contributed by atoms with Crippen LogP contribution in [0.15, 0.2) is 42.7 Å². The summed E-state index contributed by atoms with van der Waals surface area (Å²) in [5.41, 5.74) is 1.94. The number of nitrogens with one attached hydrogen (secondary N) is 2. The normalized spacial score (nSPS) is 21.2. The fourth-order valence-electron chi connectivity index (χ4n) is 3.65. The molecule has 2 fully saturated rings. The van der Waals surface area contributed by atoms with Crippen molar-refractivity contribution in [2.45, 2.75) is 25.0 Å². The fourth-order valence-corrected chi connectivity index (χ4v) is 3.65. The van der Waals surface area contributed by atoms with E-state index < -0.39 is 6.04 Å². The van der Waals surface area contributed by atoms with E-state index in [-0.39, 0.29) is 30.4 Å². The number of fused-ring (bicyclic) bond motifs is 1. The Kier molecular flexibility index (Phi) is 4.72. The van der Waals surface area contributed by atoms with Crippen LogP contribution in [0.25, 0.3) is 5.69 Å². The van der Waals surface area contributed by atoms with E-state index in [2.05, 4.69) is 15.7 Å². The summed E-state index contributed by atoms with van der Waals surface area (Å²) < 4.78 is 1.77. The van der Waals surface area contributed by atoms with Crippen molar-refractivity contribution in [3.8, 4) is 5.69 Å². The molecule has 9 nitrogen and oxygen atoms in total. The van der Waals surface area contributed by atoms with Crippen molar-refractivity contribution in [1.82, 2.24) is 30.2 Å². The molecule has 2 aromatic rings. The van der Waals surface area contributed by atoms with Crippen LogP contribution in [0.4, 0.5) is 4.79 Å². The highest BCUT2D eigenvalue weighted by Gasteiger charge is 2.42. The van der Waals surface area contributed by atoms with Gasteiger partial charge in [-0.05, 0) is 30.2 Å². The Labute approximate surface area is 162 Å². The van der Waals surface area contributed by atoms with Crippen LogP contribution in [-0.2, 0) is 16.1 Å². The van der Waals surface area contributed by atoms with Gasteiger partial charge in [0.15, 0.2) is 0 Å². The second kappa shape index (κ2) is 7.34. The standard InChI is InChI=1S/C19H22N6O3/c1-23(11-13-3-5-15(6-4-13)25-8-2-7-21-25)19(28)22-14-9-16-18(27)20-10-17(26)24(16)12-14/h2-8,14,16H,9-12H2,1H3,(H,20,27)(H,22,28)/t14-,16-/m0/s1. The number of aromatic nitrogens is 2. The summed E-state index contributed by atoms with van der Waals surface area (Å²) >= 11 is 0. The molecular formula is C19H22N6O3. The topological polar surface area (TPSA) is 99.6 Å². The van der Waals surface area contributed by atoms with Gasteiger partial charge in [0.25, 0.3) is 0 Å². The van der Waals surface area contributed by atoms with Gasteiger partial charge in [-0.15, -0.1) is 0 Å². The summed E-state index contributed by atoms with van der Waals surface area (Å²) in [7, 11) is 1.72. The highest BCUT2D eigenvalue weighted by Crippen LogP contribution is 2.21. The Morgan fingerprint density at radius 1 is 1.32 bits per heavy atom. The third-order valence-corrected chi connectivity index (χ3v) is 5.14. The molecule has 0 spiro atoms. The molecule has 2 N–H and O–H groups in total. The van der Waals surface area contributed by atoms with E-state index in [9.17, 15) is 14.4 Å². The minimum Gasteiger partial charge on any atom is -0.345 e. The molecule has 2 aliphatic heterocycles. The van der Waals surface area contributed by atoms with Gasteiger partial charge >= 0.3 is 6.03 Å². The van der Waals surface area contributed by atoms with Crippen molar-refractivity contribution in [3.63, 3.8) is 0 Å². The molecule has 0 aliphatic carbocycles. The summed E-state index contributed by atoms with van der Waals surface area (Å²) in [4.78, 5) is 39.5. The van der Waals surface area contributed by atoms with Gasteiger partial charge in [0.2, 0.25) is 11.8 Å².